The van der Waals surface area contributed by atoms with Crippen LogP contribution in [0.2, 0.25) is 0 Å². The molecule has 0 radical (unpaired) electrons. The summed E-state index contributed by atoms with van der Waals surface area (Å²) in [6.07, 6.45) is 10.1. The molecule has 0 saturated carbocycles. The number of rotatable bonds is 7. The van der Waals surface area contributed by atoms with E-state index >= 15 is 0 Å². The van der Waals surface area contributed by atoms with Crippen LogP contribution >= 0.6 is 11.3 Å². The van der Waals surface area contributed by atoms with E-state index in [1.165, 1.54) is 21.0 Å². The second-order valence-electron chi connectivity index (χ2n) is 7.89. The molecule has 2 heterocycles. The number of terminal acetylenes is 1. The van der Waals surface area contributed by atoms with Crippen LogP contribution in [-0.2, 0) is 30.5 Å². The van der Waals surface area contributed by atoms with Crippen molar-refractivity contribution in [1.82, 2.24) is 9.97 Å². The number of benzene rings is 1. The fourth-order valence-electron chi connectivity index (χ4n) is 3.23. The molecule has 3 rings (SSSR count). The highest BCUT2D eigenvalue weighted by Crippen LogP contribution is 2.27. The van der Waals surface area contributed by atoms with Gasteiger partial charge in [0.15, 0.2) is 5.82 Å². The van der Waals surface area contributed by atoms with Crippen LogP contribution in [0.15, 0.2) is 36.4 Å². The Labute approximate surface area is 209 Å². The molecule has 0 unspecified atom stereocenters. The van der Waals surface area contributed by atoms with Gasteiger partial charge in [-0.3, -0.25) is 4.79 Å². The van der Waals surface area contributed by atoms with E-state index in [-0.39, 0.29) is 6.42 Å². The van der Waals surface area contributed by atoms with E-state index in [9.17, 15) is 4.79 Å². The first-order valence-corrected chi connectivity index (χ1v) is 12.8. The maximum atomic E-state index is 10.3. The van der Waals surface area contributed by atoms with Crippen LogP contribution in [0.1, 0.15) is 73.5 Å². The van der Waals surface area contributed by atoms with Gasteiger partial charge in [-0.1, -0.05) is 57.5 Å². The minimum absolute atomic E-state index is 0.111. The number of aliphatic carboxylic acids is 1. The number of carboxylic acid groups (broad SMARTS) is 1. The molecule has 0 saturated heterocycles. The van der Waals surface area contributed by atoms with Gasteiger partial charge in [0.2, 0.25) is 0 Å². The molecule has 2 aromatic heterocycles. The van der Waals surface area contributed by atoms with Crippen molar-refractivity contribution in [2.24, 2.45) is 0 Å². The lowest BCUT2D eigenvalue weighted by Gasteiger charge is -2.09. The Morgan fingerprint density at radius 2 is 1.65 bits per heavy atom. The van der Waals surface area contributed by atoms with E-state index in [4.69, 9.17) is 16.5 Å². The summed E-state index contributed by atoms with van der Waals surface area (Å²) in [4.78, 5) is 22.2. The van der Waals surface area contributed by atoms with Crippen molar-refractivity contribution in [3.05, 3.63) is 69.4 Å². The summed E-state index contributed by atoms with van der Waals surface area (Å²) in [6.45, 7) is 12.7. The van der Waals surface area contributed by atoms with Gasteiger partial charge >= 0.3 is 5.97 Å². The van der Waals surface area contributed by atoms with E-state index in [1.807, 2.05) is 31.2 Å². The molecule has 0 aliphatic carbocycles. The van der Waals surface area contributed by atoms with Gasteiger partial charge in [-0.25, -0.2) is 9.97 Å². The van der Waals surface area contributed by atoms with E-state index in [2.05, 4.69) is 57.7 Å². The average Bonchev–Trinajstić information content (AvgIpc) is 3.30. The molecule has 4 nitrogen and oxygen atoms in total. The number of carbonyl (C=O) groups is 1. The molecule has 0 aliphatic rings. The van der Waals surface area contributed by atoms with Crippen molar-refractivity contribution in [2.45, 2.75) is 80.1 Å². The fraction of sp³-hybridized carbons (Fsp3) is 0.414. The van der Waals surface area contributed by atoms with E-state index in [1.54, 1.807) is 11.3 Å². The van der Waals surface area contributed by atoms with Crippen LogP contribution in [-0.4, -0.2) is 21.0 Å². The van der Waals surface area contributed by atoms with Crippen molar-refractivity contribution < 1.29 is 9.90 Å². The zero-order chi connectivity index (χ0) is 25.5. The van der Waals surface area contributed by atoms with Gasteiger partial charge in [-0.15, -0.1) is 23.7 Å². The minimum Gasteiger partial charge on any atom is -0.481 e. The maximum absolute atomic E-state index is 10.3. The Bertz CT molecular complexity index is 1060. The molecular formula is C29H38N2O2S. The molecule has 0 aliphatic heterocycles. The summed E-state index contributed by atoms with van der Waals surface area (Å²) >= 11 is 1.80. The fourth-order valence-corrected chi connectivity index (χ4v) is 4.11. The normalized spacial score (nSPS) is 9.79. The van der Waals surface area contributed by atoms with Gasteiger partial charge in [0, 0.05) is 22.7 Å². The molecular weight excluding hydrogens is 440 g/mol. The number of hydrogen-bond donors (Lipinski definition) is 1. The highest BCUT2D eigenvalue weighted by molar-refractivity contribution is 7.15. The predicted molar refractivity (Wildman–Crippen MR) is 144 cm³/mol. The van der Waals surface area contributed by atoms with Crippen LogP contribution in [0, 0.1) is 26.2 Å². The van der Waals surface area contributed by atoms with Crippen LogP contribution < -0.4 is 0 Å². The summed E-state index contributed by atoms with van der Waals surface area (Å²) < 4.78 is 0. The van der Waals surface area contributed by atoms with Gasteiger partial charge in [-0.2, -0.15) is 0 Å². The van der Waals surface area contributed by atoms with Gasteiger partial charge in [0.1, 0.15) is 0 Å². The summed E-state index contributed by atoms with van der Waals surface area (Å²) in [5.74, 6) is 2.63. The third-order valence-corrected chi connectivity index (χ3v) is 6.31. The minimum atomic E-state index is -0.783. The number of nitrogens with zero attached hydrogens (tertiary/aromatic N) is 2. The molecule has 1 N–H and O–H groups in total. The average molecular weight is 479 g/mol. The first kappa shape index (κ1) is 29.1. The van der Waals surface area contributed by atoms with Crippen LogP contribution in [0.3, 0.4) is 0 Å². The van der Waals surface area contributed by atoms with Gasteiger partial charge in [-0.05, 0) is 62.8 Å². The number of hydrogen-bond acceptors (Lipinski definition) is 4. The highest BCUT2D eigenvalue weighted by Gasteiger charge is 2.11. The zero-order valence-corrected chi connectivity index (χ0v) is 22.3. The van der Waals surface area contributed by atoms with Crippen molar-refractivity contribution in [3.8, 4) is 23.0 Å². The molecule has 0 spiro atoms. The molecule has 0 atom stereocenters. The summed E-state index contributed by atoms with van der Waals surface area (Å²) in [6, 6.07) is 11.8. The summed E-state index contributed by atoms with van der Waals surface area (Å²) in [7, 11) is 0. The molecule has 182 valence electrons. The SMILES string of the molecule is C#CCCC.CCc1ccc(-c2nc(C)c(CC)c(CC)n2)s1.Cc1ccc(CC(=O)O)cc1. The second-order valence-corrected chi connectivity index (χ2v) is 9.06. The lowest BCUT2D eigenvalue weighted by Crippen LogP contribution is -2.03. The number of aryl methyl sites for hydroxylation is 4. The summed E-state index contributed by atoms with van der Waals surface area (Å²) in [5.41, 5.74) is 5.65. The molecule has 3 aromatic rings. The smallest absolute Gasteiger partial charge is 0.307 e. The lowest BCUT2D eigenvalue weighted by atomic mass is 10.1. The highest BCUT2D eigenvalue weighted by atomic mass is 32.1. The molecule has 5 heteroatoms. The standard InChI is InChI=1S/C15H20N2S.C9H10O2.C5H8/c1-5-11-8-9-14(18-11)15-16-10(4)12(6-2)13(7-3)17-15;1-7-2-4-8(5-3-7)6-9(10)11;1-3-5-4-2/h8-9H,5-7H2,1-4H3;2-5H,6H2,1H3,(H,10,11);1H,4-5H2,2H3. The number of unbranched alkanes of at least 4 members (excludes halogenated alkanes) is 1. The van der Waals surface area contributed by atoms with E-state index < -0.39 is 5.97 Å². The van der Waals surface area contributed by atoms with Gasteiger partial charge < -0.3 is 5.11 Å². The molecule has 0 amide bonds. The van der Waals surface area contributed by atoms with Gasteiger partial charge in [0.05, 0.1) is 11.3 Å². The Hall–Kier alpha value is -2.97. The number of aromatic nitrogens is 2. The van der Waals surface area contributed by atoms with E-state index in [0.717, 1.165) is 54.7 Å². The van der Waals surface area contributed by atoms with Crippen molar-refractivity contribution in [2.75, 3.05) is 0 Å². The maximum Gasteiger partial charge on any atom is 0.307 e. The number of carboxylic acids is 1. The Balaban J connectivity index is 0.000000307. The quantitative estimate of drug-likeness (QED) is 0.363. The third kappa shape index (κ3) is 9.89. The topological polar surface area (TPSA) is 63.1 Å². The Morgan fingerprint density at radius 3 is 2.09 bits per heavy atom. The zero-order valence-electron chi connectivity index (χ0n) is 21.4. The third-order valence-electron chi connectivity index (χ3n) is 5.09. The number of thiophene rings is 1. The monoisotopic (exact) mass is 478 g/mol. The van der Waals surface area contributed by atoms with Crippen molar-refractivity contribution >= 4 is 17.3 Å². The van der Waals surface area contributed by atoms with E-state index in [0.29, 0.717) is 0 Å². The summed E-state index contributed by atoms with van der Waals surface area (Å²) in [5, 5.41) is 8.44. The molecule has 0 bridgehead atoms. The molecule has 1 aromatic carbocycles. The largest absolute Gasteiger partial charge is 0.481 e. The van der Waals surface area contributed by atoms with Gasteiger partial charge in [0.25, 0.3) is 0 Å². The van der Waals surface area contributed by atoms with Crippen LogP contribution in [0.25, 0.3) is 10.7 Å². The Kier molecular flexibility index (Phi) is 13.5. The van der Waals surface area contributed by atoms with Crippen LogP contribution in [0.4, 0.5) is 0 Å². The van der Waals surface area contributed by atoms with Crippen LogP contribution in [0.5, 0.6) is 0 Å². The molecule has 34 heavy (non-hydrogen) atoms. The second kappa shape index (κ2) is 15.8. The first-order valence-electron chi connectivity index (χ1n) is 12.0. The predicted octanol–water partition coefficient (Wildman–Crippen LogP) is 7.24. The molecule has 0 fully saturated rings. The lowest BCUT2D eigenvalue weighted by molar-refractivity contribution is -0.136. The first-order chi connectivity index (χ1) is 16.3. The van der Waals surface area contributed by atoms with Crippen molar-refractivity contribution in [3.63, 3.8) is 0 Å². The Morgan fingerprint density at radius 1 is 0.971 bits per heavy atom. The van der Waals surface area contributed by atoms with Crippen molar-refractivity contribution in [1.29, 1.82) is 0 Å².